The number of aryl methyl sites for hydroxylation is 1. The molecule has 2 N–H and O–H groups in total. The molecule has 0 bridgehead atoms. The highest BCUT2D eigenvalue weighted by Gasteiger charge is 2.25. The Kier molecular flexibility index (Phi) is 6.52. The van der Waals surface area contributed by atoms with Gasteiger partial charge in [-0.05, 0) is 23.8 Å². The number of carbonyl (C=O) groups is 1. The number of anilines is 1. The number of aromatic nitrogens is 2. The van der Waals surface area contributed by atoms with Crippen LogP contribution in [0.25, 0.3) is 22.4 Å². The molecular weight excluding hydrogens is 466 g/mol. The molecule has 1 aromatic heterocycles. The highest BCUT2D eigenvalue weighted by Crippen LogP contribution is 2.33. The van der Waals surface area contributed by atoms with E-state index in [1.54, 1.807) is 24.3 Å². The minimum absolute atomic E-state index is 0.0519. The van der Waals surface area contributed by atoms with Crippen molar-refractivity contribution in [2.45, 2.75) is 11.8 Å². The maximum atomic E-state index is 13.5. The number of sulfone groups is 1. The Hall–Kier alpha value is -4.24. The van der Waals surface area contributed by atoms with Crippen LogP contribution in [0.4, 0.5) is 5.69 Å². The average Bonchev–Trinajstić information content (AvgIpc) is 2.87. The van der Waals surface area contributed by atoms with Crippen molar-refractivity contribution in [3.05, 3.63) is 94.8 Å². The molecule has 0 saturated carbocycles. The number of hydrogen-bond acceptors (Lipinski definition) is 6. The van der Waals surface area contributed by atoms with Crippen LogP contribution in [0.2, 0.25) is 0 Å². The number of amides is 1. The second-order valence-electron chi connectivity index (χ2n) is 7.80. The van der Waals surface area contributed by atoms with Crippen molar-refractivity contribution in [3.63, 3.8) is 0 Å². The minimum atomic E-state index is -3.58. The van der Waals surface area contributed by atoms with Gasteiger partial charge < -0.3 is 10.4 Å². The lowest BCUT2D eigenvalue weighted by Gasteiger charge is -2.16. The third kappa shape index (κ3) is 4.71. The lowest BCUT2D eigenvalue weighted by atomic mass is 9.95. The van der Waals surface area contributed by atoms with Gasteiger partial charge in [0.05, 0.1) is 22.0 Å². The SMILES string of the molecule is CCS(=O)(=O)c1ccc(O)c(NC(=O)c2c(-c3ccccc3)c(-c3ccccc3)nn(C)c2=O)c1. The second kappa shape index (κ2) is 9.55. The fourth-order valence-corrected chi connectivity index (χ4v) is 4.59. The summed E-state index contributed by atoms with van der Waals surface area (Å²) in [7, 11) is -2.13. The molecule has 4 rings (SSSR count). The monoisotopic (exact) mass is 489 g/mol. The Balaban J connectivity index is 1.92. The van der Waals surface area contributed by atoms with Gasteiger partial charge in [0.2, 0.25) is 0 Å². The summed E-state index contributed by atoms with van der Waals surface area (Å²) < 4.78 is 25.7. The number of phenols is 1. The van der Waals surface area contributed by atoms with Crippen LogP contribution in [0.15, 0.2) is 88.6 Å². The van der Waals surface area contributed by atoms with Gasteiger partial charge >= 0.3 is 0 Å². The number of hydrogen-bond donors (Lipinski definition) is 2. The molecule has 1 heterocycles. The molecule has 1 amide bonds. The van der Waals surface area contributed by atoms with E-state index in [0.29, 0.717) is 22.4 Å². The highest BCUT2D eigenvalue weighted by molar-refractivity contribution is 7.91. The summed E-state index contributed by atoms with van der Waals surface area (Å²) in [5.41, 5.74) is 1.12. The number of nitrogens with zero attached hydrogens (tertiary/aromatic N) is 2. The topological polar surface area (TPSA) is 118 Å². The number of benzene rings is 3. The number of carbonyl (C=O) groups excluding carboxylic acids is 1. The van der Waals surface area contributed by atoms with E-state index in [1.165, 1.54) is 32.2 Å². The van der Waals surface area contributed by atoms with Crippen molar-refractivity contribution >= 4 is 21.4 Å². The fourth-order valence-electron chi connectivity index (χ4n) is 3.69. The number of nitrogens with one attached hydrogen (secondary N) is 1. The van der Waals surface area contributed by atoms with Crippen LogP contribution in [0.5, 0.6) is 5.75 Å². The predicted octanol–water partition coefficient (Wildman–Crippen LogP) is 3.87. The molecule has 35 heavy (non-hydrogen) atoms. The summed E-state index contributed by atoms with van der Waals surface area (Å²) in [4.78, 5) is 26.7. The number of phenolic OH excluding ortho intramolecular Hbond substituents is 1. The Morgan fingerprint density at radius 3 is 2.17 bits per heavy atom. The fraction of sp³-hybridized carbons (Fsp3) is 0.115. The van der Waals surface area contributed by atoms with Gasteiger partial charge in [0, 0.05) is 18.2 Å². The molecule has 0 aliphatic rings. The van der Waals surface area contributed by atoms with E-state index in [-0.39, 0.29) is 27.6 Å². The lowest BCUT2D eigenvalue weighted by molar-refractivity contribution is 0.102. The molecule has 0 saturated heterocycles. The predicted molar refractivity (Wildman–Crippen MR) is 134 cm³/mol. The molecule has 0 aliphatic carbocycles. The van der Waals surface area contributed by atoms with Crippen LogP contribution in [-0.2, 0) is 16.9 Å². The summed E-state index contributed by atoms with van der Waals surface area (Å²) in [5, 5.41) is 17.3. The van der Waals surface area contributed by atoms with Gasteiger partial charge in [-0.15, -0.1) is 0 Å². The van der Waals surface area contributed by atoms with Gasteiger partial charge in [-0.1, -0.05) is 67.6 Å². The molecule has 0 radical (unpaired) electrons. The zero-order valence-electron chi connectivity index (χ0n) is 19.1. The summed E-state index contributed by atoms with van der Waals surface area (Å²) in [6, 6.07) is 21.7. The molecule has 4 aromatic rings. The van der Waals surface area contributed by atoms with E-state index in [4.69, 9.17) is 0 Å². The van der Waals surface area contributed by atoms with Gasteiger partial charge in [0.15, 0.2) is 9.84 Å². The highest BCUT2D eigenvalue weighted by atomic mass is 32.2. The first kappa shape index (κ1) is 23.9. The Morgan fingerprint density at radius 2 is 1.57 bits per heavy atom. The first-order valence-corrected chi connectivity index (χ1v) is 12.5. The van der Waals surface area contributed by atoms with Crippen LogP contribution in [-0.4, -0.2) is 35.0 Å². The summed E-state index contributed by atoms with van der Waals surface area (Å²) in [5.74, 6) is -1.27. The van der Waals surface area contributed by atoms with Crippen LogP contribution < -0.4 is 10.9 Å². The van der Waals surface area contributed by atoms with Crippen molar-refractivity contribution < 1.29 is 18.3 Å². The molecule has 0 aliphatic heterocycles. The maximum absolute atomic E-state index is 13.5. The van der Waals surface area contributed by atoms with Gasteiger partial charge in [-0.25, -0.2) is 13.1 Å². The van der Waals surface area contributed by atoms with Gasteiger partial charge in [0.1, 0.15) is 11.3 Å². The van der Waals surface area contributed by atoms with Crippen LogP contribution in [0.3, 0.4) is 0 Å². The van der Waals surface area contributed by atoms with Crippen LogP contribution in [0, 0.1) is 0 Å². The molecular formula is C26H23N3O5S. The minimum Gasteiger partial charge on any atom is -0.506 e. The van der Waals surface area contributed by atoms with Crippen molar-refractivity contribution in [3.8, 4) is 28.1 Å². The second-order valence-corrected chi connectivity index (χ2v) is 10.1. The molecule has 0 fully saturated rings. The number of aromatic hydroxyl groups is 1. The lowest BCUT2D eigenvalue weighted by Crippen LogP contribution is -2.31. The third-order valence-electron chi connectivity index (χ3n) is 5.54. The molecule has 0 spiro atoms. The maximum Gasteiger partial charge on any atom is 0.280 e. The third-order valence-corrected chi connectivity index (χ3v) is 7.27. The molecule has 3 aromatic carbocycles. The molecule has 0 unspecified atom stereocenters. The Labute approximate surface area is 202 Å². The Morgan fingerprint density at radius 1 is 0.971 bits per heavy atom. The normalized spacial score (nSPS) is 11.3. The van der Waals surface area contributed by atoms with Gasteiger partial charge in [-0.2, -0.15) is 5.10 Å². The summed E-state index contributed by atoms with van der Waals surface area (Å²) in [6.45, 7) is 1.50. The van der Waals surface area contributed by atoms with E-state index >= 15 is 0 Å². The Bertz CT molecular complexity index is 1560. The van der Waals surface area contributed by atoms with Crippen molar-refractivity contribution in [2.75, 3.05) is 11.1 Å². The standard InChI is InChI=1S/C26H23N3O5S/c1-3-35(33,34)19-14-15-21(30)20(16-19)27-25(31)23-22(17-10-6-4-7-11-17)24(28-29(2)26(23)32)18-12-8-5-9-13-18/h4-16,30H,3H2,1-2H3,(H,27,31). The van der Waals surface area contributed by atoms with E-state index < -0.39 is 21.3 Å². The van der Waals surface area contributed by atoms with Gasteiger partial charge in [-0.3, -0.25) is 9.59 Å². The van der Waals surface area contributed by atoms with Crippen molar-refractivity contribution in [1.29, 1.82) is 0 Å². The van der Waals surface area contributed by atoms with Crippen LogP contribution in [0.1, 0.15) is 17.3 Å². The van der Waals surface area contributed by atoms with E-state index in [1.807, 2.05) is 36.4 Å². The summed E-state index contributed by atoms with van der Waals surface area (Å²) in [6.07, 6.45) is 0. The summed E-state index contributed by atoms with van der Waals surface area (Å²) >= 11 is 0. The first-order valence-electron chi connectivity index (χ1n) is 10.8. The van der Waals surface area contributed by atoms with E-state index in [9.17, 15) is 23.1 Å². The molecule has 0 atom stereocenters. The first-order chi connectivity index (χ1) is 16.7. The zero-order chi connectivity index (χ0) is 25.2. The molecule has 9 heteroatoms. The number of rotatable bonds is 6. The van der Waals surface area contributed by atoms with E-state index in [2.05, 4.69) is 10.4 Å². The quantitative estimate of drug-likeness (QED) is 0.397. The molecule has 8 nitrogen and oxygen atoms in total. The van der Waals surface area contributed by atoms with Crippen LogP contribution >= 0.6 is 0 Å². The average molecular weight is 490 g/mol. The van der Waals surface area contributed by atoms with E-state index in [0.717, 1.165) is 4.68 Å². The largest absolute Gasteiger partial charge is 0.506 e. The van der Waals surface area contributed by atoms with Crippen molar-refractivity contribution in [2.24, 2.45) is 7.05 Å². The molecule has 178 valence electrons. The smallest absolute Gasteiger partial charge is 0.280 e. The van der Waals surface area contributed by atoms with Gasteiger partial charge in [0.25, 0.3) is 11.5 Å². The zero-order valence-corrected chi connectivity index (χ0v) is 19.9. The van der Waals surface area contributed by atoms with Crippen molar-refractivity contribution in [1.82, 2.24) is 9.78 Å².